The molecule has 1 aliphatic rings. The van der Waals surface area contributed by atoms with E-state index in [0.29, 0.717) is 25.4 Å². The van der Waals surface area contributed by atoms with Gasteiger partial charge in [-0.05, 0) is 59.6 Å². The van der Waals surface area contributed by atoms with Gasteiger partial charge in [-0.25, -0.2) is 0 Å². The zero-order valence-corrected chi connectivity index (χ0v) is 19.8. The molecule has 3 aromatic carbocycles. The first kappa shape index (κ1) is 23.7. The van der Waals surface area contributed by atoms with Gasteiger partial charge in [0.2, 0.25) is 5.91 Å². The molecule has 0 aliphatic carbocycles. The van der Waals surface area contributed by atoms with Crippen molar-refractivity contribution in [2.24, 2.45) is 0 Å². The summed E-state index contributed by atoms with van der Waals surface area (Å²) in [5.74, 6) is 2.80. The highest BCUT2D eigenvalue weighted by molar-refractivity contribution is 8.15. The van der Waals surface area contributed by atoms with E-state index in [1.54, 1.807) is 0 Å². The number of ether oxygens (including phenoxy) is 3. The molecule has 1 aliphatic heterocycles. The van der Waals surface area contributed by atoms with Crippen LogP contribution in [0, 0.1) is 0 Å². The fraction of sp³-hybridized carbons (Fsp3) is 0.259. The van der Waals surface area contributed by atoms with Gasteiger partial charge in [0.1, 0.15) is 28.2 Å². The molecule has 0 spiro atoms. The third-order valence-electron chi connectivity index (χ3n) is 5.22. The molecule has 2 amide bonds. The highest BCUT2D eigenvalue weighted by Gasteiger charge is 2.32. The number of imide groups is 1. The third kappa shape index (κ3) is 6.32. The SMILES string of the molecule is CCCc1ccccc1Oc1cccc(OCCCOc2ccc(C3SC(=O)NC3=O)cc2)c1. The maximum atomic E-state index is 11.8. The zero-order valence-electron chi connectivity index (χ0n) is 19.0. The number of hydrogen-bond donors (Lipinski definition) is 1. The maximum absolute atomic E-state index is 11.8. The summed E-state index contributed by atoms with van der Waals surface area (Å²) in [5.41, 5.74) is 1.98. The molecular weight excluding hydrogens is 450 g/mol. The van der Waals surface area contributed by atoms with Gasteiger partial charge in [-0.15, -0.1) is 0 Å². The van der Waals surface area contributed by atoms with Crippen molar-refractivity contribution in [3.63, 3.8) is 0 Å². The van der Waals surface area contributed by atoms with Crippen LogP contribution in [-0.2, 0) is 11.2 Å². The Hall–Kier alpha value is -3.45. The summed E-state index contributed by atoms with van der Waals surface area (Å²) in [5, 5.41) is 1.49. The molecule has 7 heteroatoms. The summed E-state index contributed by atoms with van der Waals surface area (Å²) < 4.78 is 17.7. The predicted molar refractivity (Wildman–Crippen MR) is 133 cm³/mol. The summed E-state index contributed by atoms with van der Waals surface area (Å²) in [4.78, 5) is 23.1. The molecule has 3 aromatic rings. The number of thioether (sulfide) groups is 1. The Balaban J connectivity index is 1.22. The number of para-hydroxylation sites is 1. The lowest BCUT2D eigenvalue weighted by Crippen LogP contribution is -2.20. The van der Waals surface area contributed by atoms with E-state index < -0.39 is 5.25 Å². The molecule has 6 nitrogen and oxygen atoms in total. The van der Waals surface area contributed by atoms with Crippen molar-refractivity contribution < 1.29 is 23.8 Å². The topological polar surface area (TPSA) is 73.9 Å². The summed E-state index contributed by atoms with van der Waals surface area (Å²) in [7, 11) is 0. The number of nitrogens with one attached hydrogen (secondary N) is 1. The van der Waals surface area contributed by atoms with Crippen molar-refractivity contribution in [3.05, 3.63) is 83.9 Å². The maximum Gasteiger partial charge on any atom is 0.286 e. The van der Waals surface area contributed by atoms with Gasteiger partial charge in [-0.3, -0.25) is 14.9 Å². The average Bonchev–Trinajstić information content (AvgIpc) is 3.19. The van der Waals surface area contributed by atoms with E-state index in [4.69, 9.17) is 14.2 Å². The number of amides is 2. The van der Waals surface area contributed by atoms with Crippen LogP contribution in [0.2, 0.25) is 0 Å². The van der Waals surface area contributed by atoms with Crippen LogP contribution in [0.3, 0.4) is 0 Å². The highest BCUT2D eigenvalue weighted by Crippen LogP contribution is 2.34. The van der Waals surface area contributed by atoms with E-state index in [1.165, 1.54) is 5.56 Å². The molecular formula is C27H27NO5S. The minimum absolute atomic E-state index is 0.277. The van der Waals surface area contributed by atoms with Crippen LogP contribution < -0.4 is 19.5 Å². The van der Waals surface area contributed by atoms with E-state index in [1.807, 2.05) is 66.7 Å². The number of carbonyl (C=O) groups excluding carboxylic acids is 2. The lowest BCUT2D eigenvalue weighted by atomic mass is 10.1. The number of benzene rings is 3. The molecule has 0 radical (unpaired) electrons. The van der Waals surface area contributed by atoms with Gasteiger partial charge in [0, 0.05) is 12.5 Å². The second kappa shape index (κ2) is 11.6. The molecule has 1 heterocycles. The Morgan fingerprint density at radius 1 is 0.853 bits per heavy atom. The van der Waals surface area contributed by atoms with Crippen LogP contribution in [0.4, 0.5) is 4.79 Å². The first-order chi connectivity index (χ1) is 16.6. The summed E-state index contributed by atoms with van der Waals surface area (Å²) in [6.45, 7) is 3.16. The normalized spacial score (nSPS) is 15.1. The molecule has 0 aromatic heterocycles. The number of hydrogen-bond acceptors (Lipinski definition) is 6. The quantitative estimate of drug-likeness (QED) is 0.327. The standard InChI is InChI=1S/C27H27NO5S/c1-2-7-19-8-3-4-11-24(19)33-23-10-5-9-22(18-23)32-17-6-16-31-21-14-12-20(13-15-21)25-26(29)28-27(30)34-25/h3-5,8-15,18,25H,2,6-7,16-17H2,1H3,(H,28,29,30). The fourth-order valence-corrected chi connectivity index (χ4v) is 4.42. The van der Waals surface area contributed by atoms with Crippen LogP contribution in [0.15, 0.2) is 72.8 Å². The van der Waals surface area contributed by atoms with Gasteiger partial charge in [-0.2, -0.15) is 0 Å². The lowest BCUT2D eigenvalue weighted by Gasteiger charge is -2.12. The summed E-state index contributed by atoms with van der Waals surface area (Å²) in [6.07, 6.45) is 2.75. The Bertz CT molecular complexity index is 1130. The second-order valence-electron chi connectivity index (χ2n) is 7.83. The van der Waals surface area contributed by atoms with Crippen molar-refractivity contribution in [3.8, 4) is 23.0 Å². The van der Waals surface area contributed by atoms with Crippen molar-refractivity contribution in [2.75, 3.05) is 13.2 Å². The van der Waals surface area contributed by atoms with Gasteiger partial charge in [0.05, 0.1) is 13.2 Å². The van der Waals surface area contributed by atoms with Gasteiger partial charge in [0.15, 0.2) is 0 Å². The number of aryl methyl sites for hydroxylation is 1. The Labute approximate surface area is 203 Å². The Morgan fingerprint density at radius 3 is 2.32 bits per heavy atom. The molecule has 1 unspecified atom stereocenters. The van der Waals surface area contributed by atoms with Gasteiger partial charge in [0.25, 0.3) is 5.24 Å². The van der Waals surface area contributed by atoms with Crippen molar-refractivity contribution >= 4 is 22.9 Å². The largest absolute Gasteiger partial charge is 0.493 e. The van der Waals surface area contributed by atoms with E-state index in [2.05, 4.69) is 18.3 Å². The Morgan fingerprint density at radius 2 is 1.59 bits per heavy atom. The van der Waals surface area contributed by atoms with Crippen LogP contribution in [0.5, 0.6) is 23.0 Å². The van der Waals surface area contributed by atoms with E-state index in [9.17, 15) is 9.59 Å². The molecule has 1 atom stereocenters. The lowest BCUT2D eigenvalue weighted by molar-refractivity contribution is -0.119. The van der Waals surface area contributed by atoms with Crippen molar-refractivity contribution in [2.45, 2.75) is 31.4 Å². The molecule has 176 valence electrons. The van der Waals surface area contributed by atoms with E-state index >= 15 is 0 Å². The average molecular weight is 478 g/mol. The van der Waals surface area contributed by atoms with Crippen molar-refractivity contribution in [1.82, 2.24) is 5.32 Å². The van der Waals surface area contributed by atoms with Crippen molar-refractivity contribution in [1.29, 1.82) is 0 Å². The van der Waals surface area contributed by atoms with Gasteiger partial charge in [-0.1, -0.05) is 49.7 Å². The van der Waals surface area contributed by atoms with Gasteiger partial charge >= 0.3 is 0 Å². The smallest absolute Gasteiger partial charge is 0.286 e. The highest BCUT2D eigenvalue weighted by atomic mass is 32.2. The van der Waals surface area contributed by atoms with Crippen LogP contribution in [0.25, 0.3) is 0 Å². The Kier molecular flexibility index (Phi) is 8.09. The number of carbonyl (C=O) groups is 2. The van der Waals surface area contributed by atoms with Gasteiger partial charge < -0.3 is 14.2 Å². The van der Waals surface area contributed by atoms with Crippen LogP contribution >= 0.6 is 11.8 Å². The third-order valence-corrected chi connectivity index (χ3v) is 6.26. The minimum Gasteiger partial charge on any atom is -0.493 e. The summed E-state index contributed by atoms with van der Waals surface area (Å²) >= 11 is 0.993. The molecule has 1 saturated heterocycles. The molecule has 1 N–H and O–H groups in total. The molecule has 0 bridgehead atoms. The van der Waals surface area contributed by atoms with E-state index in [-0.39, 0.29) is 11.1 Å². The monoisotopic (exact) mass is 477 g/mol. The number of rotatable bonds is 11. The predicted octanol–water partition coefficient (Wildman–Crippen LogP) is 6.30. The summed E-state index contributed by atoms with van der Waals surface area (Å²) in [6, 6.07) is 23.0. The molecule has 0 saturated carbocycles. The molecule has 34 heavy (non-hydrogen) atoms. The fourth-order valence-electron chi connectivity index (χ4n) is 3.59. The molecule has 4 rings (SSSR count). The van der Waals surface area contributed by atoms with E-state index in [0.717, 1.165) is 47.4 Å². The first-order valence-electron chi connectivity index (χ1n) is 11.4. The first-order valence-corrected chi connectivity index (χ1v) is 12.2. The minimum atomic E-state index is -0.491. The molecule has 1 fully saturated rings. The zero-order chi connectivity index (χ0) is 23.8. The van der Waals surface area contributed by atoms with Crippen LogP contribution in [-0.4, -0.2) is 24.4 Å². The van der Waals surface area contributed by atoms with Crippen LogP contribution in [0.1, 0.15) is 36.1 Å². The second-order valence-corrected chi connectivity index (χ2v) is 8.91.